The van der Waals surface area contributed by atoms with Gasteiger partial charge in [-0.2, -0.15) is 5.26 Å². The Morgan fingerprint density at radius 3 is 2.43 bits per heavy atom. The first kappa shape index (κ1) is 15.2. The van der Waals surface area contributed by atoms with Crippen molar-refractivity contribution >= 4 is 0 Å². The molecule has 0 saturated carbocycles. The van der Waals surface area contributed by atoms with Gasteiger partial charge in [0.25, 0.3) is 0 Å². The molecule has 82 valence electrons. The molecule has 0 aromatic rings. The molecule has 0 aliphatic carbocycles. The van der Waals surface area contributed by atoms with Crippen LogP contribution in [0.5, 0.6) is 0 Å². The molecule has 5 nitrogen and oxygen atoms in total. The zero-order valence-corrected chi connectivity index (χ0v) is 8.94. The Morgan fingerprint density at radius 1 is 1.50 bits per heavy atom. The highest BCUT2D eigenvalue weighted by molar-refractivity contribution is 4.99. The molecule has 5 heteroatoms. The highest BCUT2D eigenvalue weighted by Crippen LogP contribution is 2.08. The van der Waals surface area contributed by atoms with Crippen LogP contribution in [0.1, 0.15) is 13.8 Å². The zero-order valence-electron chi connectivity index (χ0n) is 8.94. The summed E-state index contributed by atoms with van der Waals surface area (Å²) in [6.07, 6.45) is 3.99. The highest BCUT2D eigenvalue weighted by atomic mass is 16.2. The number of nitriles is 1. The van der Waals surface area contributed by atoms with Gasteiger partial charge in [-0.3, -0.25) is 0 Å². The first-order valence-corrected chi connectivity index (χ1v) is 4.30. The highest BCUT2D eigenvalue weighted by Gasteiger charge is 2.15. The van der Waals surface area contributed by atoms with Crippen molar-refractivity contribution in [2.24, 2.45) is 0 Å². The predicted octanol–water partition coefficient (Wildman–Crippen LogP) is -0.252. The van der Waals surface area contributed by atoms with E-state index in [0.29, 0.717) is 0 Å². The lowest BCUT2D eigenvalue weighted by molar-refractivity contribution is 0.254. The van der Waals surface area contributed by atoms with Crippen molar-refractivity contribution in [3.05, 3.63) is 12.4 Å². The van der Waals surface area contributed by atoms with Gasteiger partial charge in [0.05, 0.1) is 12.7 Å². The monoisotopic (exact) mass is 201 g/mol. The van der Waals surface area contributed by atoms with Gasteiger partial charge in [0, 0.05) is 26.1 Å². The maximum atomic E-state index is 8.61. The number of nitrogens with zero attached hydrogens (tertiary/aromatic N) is 3. The van der Waals surface area contributed by atoms with Crippen molar-refractivity contribution in [3.63, 3.8) is 0 Å². The Labute approximate surface area is 85.2 Å². The summed E-state index contributed by atoms with van der Waals surface area (Å²) >= 11 is 0. The second-order valence-corrected chi connectivity index (χ2v) is 2.66. The molecule has 1 aliphatic rings. The van der Waals surface area contributed by atoms with Crippen molar-refractivity contribution in [2.75, 3.05) is 20.3 Å². The van der Waals surface area contributed by atoms with E-state index in [1.165, 1.54) is 0 Å². The van der Waals surface area contributed by atoms with Crippen molar-refractivity contribution in [3.8, 4) is 6.07 Å². The van der Waals surface area contributed by atoms with E-state index >= 15 is 0 Å². The molecule has 0 aromatic heterocycles. The third kappa shape index (κ3) is 4.12. The number of hydrogen-bond acceptors (Lipinski definition) is 4. The van der Waals surface area contributed by atoms with Gasteiger partial charge in [-0.25, -0.2) is 0 Å². The molecule has 0 aromatic carbocycles. The van der Waals surface area contributed by atoms with E-state index in [-0.39, 0.29) is 11.5 Å². The molecule has 1 aliphatic heterocycles. The van der Waals surface area contributed by atoms with Crippen molar-refractivity contribution in [2.45, 2.75) is 19.9 Å². The third-order valence-corrected chi connectivity index (χ3v) is 1.90. The molecule has 14 heavy (non-hydrogen) atoms. The van der Waals surface area contributed by atoms with Crippen LogP contribution in [0.15, 0.2) is 12.4 Å². The smallest absolute Gasteiger partial charge is 0.115 e. The molecule has 1 rings (SSSR count). The summed E-state index contributed by atoms with van der Waals surface area (Å²) in [6.45, 7) is 5.87. The van der Waals surface area contributed by atoms with Crippen LogP contribution >= 0.6 is 0 Å². The molecule has 1 heterocycles. The summed E-state index contributed by atoms with van der Waals surface area (Å²) in [5.41, 5.74) is 0. The topological polar surface area (TPSA) is 82.0 Å². The van der Waals surface area contributed by atoms with Crippen LogP contribution in [0.25, 0.3) is 0 Å². The van der Waals surface area contributed by atoms with Gasteiger partial charge in [0.1, 0.15) is 6.04 Å². The minimum absolute atomic E-state index is 0. The van der Waals surface area contributed by atoms with E-state index in [9.17, 15) is 0 Å². The fourth-order valence-corrected chi connectivity index (χ4v) is 1.02. The summed E-state index contributed by atoms with van der Waals surface area (Å²) < 4.78 is 0. The standard InChI is InChI=1S/C8H13N3.CH4O.H2O/c1-3-10-4-5-11(7-10)8(2)6-9;1-2;/h4-5,8H,3,7H2,1-2H3;2H,1H3;1H2. The fraction of sp³-hybridized carbons (Fsp3) is 0.667. The van der Waals surface area contributed by atoms with Gasteiger partial charge in [-0.15, -0.1) is 0 Å². The van der Waals surface area contributed by atoms with Crippen LogP contribution in [-0.2, 0) is 0 Å². The van der Waals surface area contributed by atoms with Crippen LogP contribution in [0, 0.1) is 11.3 Å². The molecular weight excluding hydrogens is 182 g/mol. The maximum Gasteiger partial charge on any atom is 0.115 e. The van der Waals surface area contributed by atoms with Gasteiger partial charge < -0.3 is 20.4 Å². The van der Waals surface area contributed by atoms with Gasteiger partial charge in [0.15, 0.2) is 0 Å². The van der Waals surface area contributed by atoms with E-state index in [1.807, 2.05) is 24.2 Å². The van der Waals surface area contributed by atoms with Crippen LogP contribution in [0.4, 0.5) is 0 Å². The van der Waals surface area contributed by atoms with Crippen LogP contribution in [0.2, 0.25) is 0 Å². The third-order valence-electron chi connectivity index (χ3n) is 1.90. The second-order valence-electron chi connectivity index (χ2n) is 2.66. The quantitative estimate of drug-likeness (QED) is 0.667. The Kier molecular flexibility index (Phi) is 9.09. The lowest BCUT2D eigenvalue weighted by atomic mass is 10.3. The van der Waals surface area contributed by atoms with Gasteiger partial charge in [-0.05, 0) is 13.8 Å². The number of rotatable bonds is 2. The fourth-order valence-electron chi connectivity index (χ4n) is 1.02. The van der Waals surface area contributed by atoms with Crippen molar-refractivity contribution < 1.29 is 10.6 Å². The second kappa shape index (κ2) is 8.35. The van der Waals surface area contributed by atoms with E-state index in [2.05, 4.69) is 17.9 Å². The van der Waals surface area contributed by atoms with E-state index in [4.69, 9.17) is 10.4 Å². The Bertz CT molecular complexity index is 201. The molecule has 0 radical (unpaired) electrons. The molecule has 1 atom stereocenters. The summed E-state index contributed by atoms with van der Waals surface area (Å²) in [5.74, 6) is 0. The molecule has 1 unspecified atom stereocenters. The molecule has 0 saturated heterocycles. The van der Waals surface area contributed by atoms with Crippen molar-refractivity contribution in [1.82, 2.24) is 9.80 Å². The maximum absolute atomic E-state index is 8.61. The van der Waals surface area contributed by atoms with E-state index in [0.717, 1.165) is 20.3 Å². The average Bonchev–Trinajstić information content (AvgIpc) is 2.68. The van der Waals surface area contributed by atoms with Crippen molar-refractivity contribution in [1.29, 1.82) is 5.26 Å². The molecular formula is C9H19N3O2. The Balaban J connectivity index is 0. The zero-order chi connectivity index (χ0) is 10.3. The lowest BCUT2D eigenvalue weighted by Gasteiger charge is -2.21. The van der Waals surface area contributed by atoms with E-state index < -0.39 is 0 Å². The SMILES string of the molecule is CCN1C=CN(C(C)C#N)C1.CO.O. The summed E-state index contributed by atoms with van der Waals surface area (Å²) in [5, 5.41) is 15.6. The lowest BCUT2D eigenvalue weighted by Crippen LogP contribution is -2.30. The van der Waals surface area contributed by atoms with Gasteiger partial charge in [0.2, 0.25) is 0 Å². The predicted molar refractivity (Wildman–Crippen MR) is 55.1 cm³/mol. The molecule has 3 N–H and O–H groups in total. The van der Waals surface area contributed by atoms with Crippen LogP contribution in [-0.4, -0.2) is 46.7 Å². The Morgan fingerprint density at radius 2 is 2.07 bits per heavy atom. The van der Waals surface area contributed by atoms with Gasteiger partial charge in [-0.1, -0.05) is 0 Å². The van der Waals surface area contributed by atoms with Crippen LogP contribution in [0.3, 0.4) is 0 Å². The number of aliphatic hydroxyl groups is 1. The first-order valence-electron chi connectivity index (χ1n) is 4.30. The molecule has 0 fully saturated rings. The minimum atomic E-state index is -0.0113. The molecule has 0 amide bonds. The Hall–Kier alpha value is -1.25. The average molecular weight is 201 g/mol. The number of aliphatic hydroxyl groups excluding tert-OH is 1. The summed E-state index contributed by atoms with van der Waals surface area (Å²) in [4.78, 5) is 4.18. The molecule has 0 bridgehead atoms. The summed E-state index contributed by atoms with van der Waals surface area (Å²) in [6, 6.07) is 2.19. The van der Waals surface area contributed by atoms with Crippen LogP contribution < -0.4 is 0 Å². The summed E-state index contributed by atoms with van der Waals surface area (Å²) in [7, 11) is 1.00. The minimum Gasteiger partial charge on any atom is -0.412 e. The first-order chi connectivity index (χ1) is 6.27. The van der Waals surface area contributed by atoms with Gasteiger partial charge >= 0.3 is 0 Å². The normalized spacial score (nSPS) is 15.1. The molecule has 0 spiro atoms. The number of hydrogen-bond donors (Lipinski definition) is 1. The largest absolute Gasteiger partial charge is 0.412 e. The van der Waals surface area contributed by atoms with E-state index in [1.54, 1.807) is 0 Å².